The van der Waals surface area contributed by atoms with Gasteiger partial charge in [-0.3, -0.25) is 9.69 Å². The fourth-order valence-electron chi connectivity index (χ4n) is 8.15. The Morgan fingerprint density at radius 3 is 2.71 bits per heavy atom. The molecule has 240 valence electrons. The Morgan fingerprint density at radius 1 is 1.13 bits per heavy atom. The van der Waals surface area contributed by atoms with Gasteiger partial charge in [0.05, 0.1) is 23.8 Å². The maximum absolute atomic E-state index is 12.3. The van der Waals surface area contributed by atoms with E-state index in [9.17, 15) is 9.90 Å². The van der Waals surface area contributed by atoms with Gasteiger partial charge < -0.3 is 19.5 Å². The number of ether oxygens (including phenoxy) is 2. The van der Waals surface area contributed by atoms with Crippen LogP contribution in [0.1, 0.15) is 74.6 Å². The molecule has 1 N–H and O–H groups in total. The summed E-state index contributed by atoms with van der Waals surface area (Å²) in [4.78, 5) is 22.2. The van der Waals surface area contributed by atoms with Gasteiger partial charge in [0, 0.05) is 38.3 Å². The highest BCUT2D eigenvalue weighted by atomic mass is 16.5. The van der Waals surface area contributed by atoms with E-state index in [1.807, 2.05) is 24.3 Å². The number of aryl methyl sites for hydroxylation is 1. The number of nitrogens with zero attached hydrogens (tertiary/aromatic N) is 3. The highest BCUT2D eigenvalue weighted by molar-refractivity contribution is 5.82. The van der Waals surface area contributed by atoms with Crippen molar-refractivity contribution in [3.05, 3.63) is 76.9 Å². The zero-order chi connectivity index (χ0) is 31.7. The first-order chi connectivity index (χ1) is 21.8. The molecule has 0 spiro atoms. The SMILES string of the molecule is CCCC(CC)N1CCc2ccc(COc3c(C)cccc3-c3cccc(N4C[C@@H]5C[C@]5(C(=O)O)[C@H]4COC)n3)cc2[C@@H](C)C1. The third-order valence-electron chi connectivity index (χ3n) is 10.7. The van der Waals surface area contributed by atoms with Gasteiger partial charge in [0.1, 0.15) is 18.2 Å². The van der Waals surface area contributed by atoms with Crippen molar-refractivity contribution in [1.82, 2.24) is 9.88 Å². The van der Waals surface area contributed by atoms with Gasteiger partial charge in [-0.15, -0.1) is 0 Å². The van der Waals surface area contributed by atoms with Gasteiger partial charge in [0.25, 0.3) is 0 Å². The number of fused-ring (bicyclic) bond motifs is 2. The molecule has 2 fully saturated rings. The lowest BCUT2D eigenvalue weighted by molar-refractivity contribution is -0.144. The Labute approximate surface area is 268 Å². The second-order valence-electron chi connectivity index (χ2n) is 13.5. The quantitative estimate of drug-likeness (QED) is 0.234. The predicted octanol–water partition coefficient (Wildman–Crippen LogP) is 7.10. The molecule has 2 aromatic carbocycles. The largest absolute Gasteiger partial charge is 0.488 e. The number of carboxylic acids is 1. The summed E-state index contributed by atoms with van der Waals surface area (Å²) in [6.45, 7) is 12.8. The average molecular weight is 612 g/mol. The highest BCUT2D eigenvalue weighted by Gasteiger charge is 2.71. The van der Waals surface area contributed by atoms with Crippen LogP contribution in [0.15, 0.2) is 54.6 Å². The minimum absolute atomic E-state index is 0.134. The number of benzene rings is 2. The molecule has 7 heteroatoms. The van der Waals surface area contributed by atoms with Crippen molar-refractivity contribution in [2.45, 2.75) is 84.4 Å². The number of rotatable bonds is 12. The van der Waals surface area contributed by atoms with E-state index in [1.54, 1.807) is 7.11 Å². The van der Waals surface area contributed by atoms with Gasteiger partial charge in [-0.2, -0.15) is 0 Å². The molecule has 0 amide bonds. The highest BCUT2D eigenvalue weighted by Crippen LogP contribution is 2.62. The van der Waals surface area contributed by atoms with Crippen LogP contribution in [0.5, 0.6) is 5.75 Å². The van der Waals surface area contributed by atoms with Crippen LogP contribution in [0.25, 0.3) is 11.3 Å². The average Bonchev–Trinajstić information content (AvgIpc) is 3.73. The third kappa shape index (κ3) is 5.97. The number of carboxylic acid groups (broad SMARTS) is 1. The zero-order valence-electron chi connectivity index (χ0n) is 27.6. The van der Waals surface area contributed by atoms with Gasteiger partial charge in [-0.05, 0) is 84.9 Å². The standard InChI is InChI=1S/C38H49N3O4/c1-6-10-30(7-2)40-18-17-28-16-15-27(19-32(28)26(4)21-40)23-45-36-25(3)11-8-12-31(36)33-13-9-14-35(39-33)41-22-29-20-38(29,37(42)43)34(41)24-44-5/h8-9,11-16,19,26,29-30,34H,6-7,10,17-18,20-24H2,1-5H3,(H,42,43)/t26-,29-,30?,34+,38+/m0/s1. The van der Waals surface area contributed by atoms with Gasteiger partial charge >= 0.3 is 5.97 Å². The summed E-state index contributed by atoms with van der Waals surface area (Å²) in [5.74, 6) is 1.51. The molecule has 2 aliphatic heterocycles. The first-order valence-electron chi connectivity index (χ1n) is 16.8. The van der Waals surface area contributed by atoms with E-state index >= 15 is 0 Å². The predicted molar refractivity (Wildman–Crippen MR) is 179 cm³/mol. The minimum Gasteiger partial charge on any atom is -0.488 e. The van der Waals surface area contributed by atoms with Crippen molar-refractivity contribution in [2.75, 3.05) is 38.3 Å². The number of carbonyl (C=O) groups is 1. The third-order valence-corrected chi connectivity index (χ3v) is 10.7. The normalized spacial score (nSPS) is 24.9. The maximum atomic E-state index is 12.3. The topological polar surface area (TPSA) is 75.1 Å². The van der Waals surface area contributed by atoms with Crippen LogP contribution in [0.4, 0.5) is 5.82 Å². The van der Waals surface area contributed by atoms with Crippen molar-refractivity contribution >= 4 is 11.8 Å². The fraction of sp³-hybridized carbons (Fsp3) is 0.526. The monoisotopic (exact) mass is 611 g/mol. The molecular weight excluding hydrogens is 562 g/mol. The Balaban J connectivity index is 1.21. The number of aromatic nitrogens is 1. The number of hydrogen-bond donors (Lipinski definition) is 1. The van der Waals surface area contributed by atoms with E-state index in [4.69, 9.17) is 14.5 Å². The van der Waals surface area contributed by atoms with Crippen LogP contribution in [0.2, 0.25) is 0 Å². The first-order valence-corrected chi connectivity index (χ1v) is 16.8. The smallest absolute Gasteiger partial charge is 0.312 e. The van der Waals surface area contributed by atoms with Crippen molar-refractivity contribution in [3.63, 3.8) is 0 Å². The molecule has 45 heavy (non-hydrogen) atoms. The van der Waals surface area contributed by atoms with Crippen molar-refractivity contribution in [1.29, 1.82) is 0 Å². The number of methoxy groups -OCH3 is 1. The van der Waals surface area contributed by atoms with Crippen LogP contribution in [-0.4, -0.2) is 66.4 Å². The molecule has 3 aromatic rings. The maximum Gasteiger partial charge on any atom is 0.312 e. The number of anilines is 1. The van der Waals surface area contributed by atoms with Crippen LogP contribution in [-0.2, 0) is 22.6 Å². The Kier molecular flexibility index (Phi) is 9.21. The molecule has 1 unspecified atom stereocenters. The zero-order valence-corrected chi connectivity index (χ0v) is 27.6. The van der Waals surface area contributed by atoms with Crippen molar-refractivity contribution < 1.29 is 19.4 Å². The molecule has 1 saturated heterocycles. The van der Waals surface area contributed by atoms with E-state index in [1.165, 1.54) is 36.0 Å². The molecule has 3 heterocycles. The Bertz CT molecular complexity index is 1520. The van der Waals surface area contributed by atoms with E-state index in [0.29, 0.717) is 38.1 Å². The summed E-state index contributed by atoms with van der Waals surface area (Å²) in [6.07, 6.45) is 5.52. The van der Waals surface area contributed by atoms with Gasteiger partial charge in [0.2, 0.25) is 0 Å². The second-order valence-corrected chi connectivity index (χ2v) is 13.5. The molecule has 1 saturated carbocycles. The Morgan fingerprint density at radius 2 is 1.96 bits per heavy atom. The lowest BCUT2D eigenvalue weighted by Crippen LogP contribution is -2.43. The molecular formula is C38H49N3O4. The summed E-state index contributed by atoms with van der Waals surface area (Å²) in [5, 5.41) is 10.1. The fourth-order valence-corrected chi connectivity index (χ4v) is 8.15. The van der Waals surface area contributed by atoms with Crippen LogP contribution in [0, 0.1) is 18.3 Å². The lowest BCUT2D eigenvalue weighted by Gasteiger charge is -2.31. The molecule has 3 aliphatic rings. The molecule has 5 atom stereocenters. The summed E-state index contributed by atoms with van der Waals surface area (Å²) in [7, 11) is 1.64. The molecule has 1 aromatic heterocycles. The summed E-state index contributed by atoms with van der Waals surface area (Å²) >= 11 is 0. The second kappa shape index (κ2) is 13.1. The molecule has 7 nitrogen and oxygen atoms in total. The van der Waals surface area contributed by atoms with Crippen LogP contribution >= 0.6 is 0 Å². The number of pyridine rings is 1. The van der Waals surface area contributed by atoms with E-state index < -0.39 is 11.4 Å². The number of para-hydroxylation sites is 1. The molecule has 6 rings (SSSR count). The van der Waals surface area contributed by atoms with E-state index in [2.05, 4.69) is 67.8 Å². The van der Waals surface area contributed by atoms with Gasteiger partial charge in [0.15, 0.2) is 0 Å². The lowest BCUT2D eigenvalue weighted by atomic mass is 9.93. The first kappa shape index (κ1) is 31.6. The molecule has 0 radical (unpaired) electrons. The van der Waals surface area contributed by atoms with Crippen LogP contribution < -0.4 is 9.64 Å². The molecule has 1 aliphatic carbocycles. The van der Waals surface area contributed by atoms with E-state index in [-0.39, 0.29) is 12.0 Å². The number of hydrogen-bond acceptors (Lipinski definition) is 6. The summed E-state index contributed by atoms with van der Waals surface area (Å²) in [6, 6.07) is 19.5. The van der Waals surface area contributed by atoms with Gasteiger partial charge in [-0.1, -0.05) is 63.6 Å². The number of piperidine rings is 1. The van der Waals surface area contributed by atoms with Crippen LogP contribution in [0.3, 0.4) is 0 Å². The van der Waals surface area contributed by atoms with E-state index in [0.717, 1.165) is 47.9 Å². The summed E-state index contributed by atoms with van der Waals surface area (Å²) in [5.41, 5.74) is 6.19. The van der Waals surface area contributed by atoms with Crippen molar-refractivity contribution in [2.24, 2.45) is 11.3 Å². The molecule has 0 bridgehead atoms. The Hall–Kier alpha value is -3.42. The summed E-state index contributed by atoms with van der Waals surface area (Å²) < 4.78 is 12.1. The number of aliphatic carboxylic acids is 1. The minimum atomic E-state index is -0.734. The van der Waals surface area contributed by atoms with Gasteiger partial charge in [-0.25, -0.2) is 4.98 Å². The van der Waals surface area contributed by atoms with Crippen molar-refractivity contribution in [3.8, 4) is 17.0 Å².